The molecule has 1 N–H and O–H groups in total. The van der Waals surface area contributed by atoms with Crippen LogP contribution in [0.4, 0.5) is 4.79 Å². The molecule has 0 aliphatic heterocycles. The Balaban J connectivity index is 1.70. The highest BCUT2D eigenvalue weighted by Gasteiger charge is 2.33. The van der Waals surface area contributed by atoms with Crippen LogP contribution in [-0.2, 0) is 11.2 Å². The Labute approximate surface area is 140 Å². The molecule has 23 heavy (non-hydrogen) atoms. The van der Waals surface area contributed by atoms with Crippen LogP contribution in [0.2, 0.25) is 0 Å². The van der Waals surface area contributed by atoms with E-state index in [0.717, 1.165) is 19.3 Å². The first-order valence-corrected chi connectivity index (χ1v) is 9.04. The van der Waals surface area contributed by atoms with Crippen molar-refractivity contribution in [3.63, 3.8) is 0 Å². The van der Waals surface area contributed by atoms with E-state index < -0.39 is 0 Å². The van der Waals surface area contributed by atoms with E-state index in [0.29, 0.717) is 24.3 Å². The van der Waals surface area contributed by atoms with Gasteiger partial charge in [0, 0.05) is 6.54 Å². The zero-order chi connectivity index (χ0) is 16.7. The summed E-state index contributed by atoms with van der Waals surface area (Å²) in [5.41, 5.74) is 1.31. The normalized spacial score (nSPS) is 24.4. The van der Waals surface area contributed by atoms with Crippen LogP contribution in [-0.4, -0.2) is 18.7 Å². The van der Waals surface area contributed by atoms with Crippen molar-refractivity contribution in [2.45, 2.75) is 59.0 Å². The first-order valence-electron chi connectivity index (χ1n) is 9.04. The van der Waals surface area contributed by atoms with Crippen LogP contribution in [0.25, 0.3) is 0 Å². The lowest BCUT2D eigenvalue weighted by Gasteiger charge is -2.36. The average molecular weight is 317 g/mol. The minimum atomic E-state index is -0.247. The number of benzene rings is 1. The van der Waals surface area contributed by atoms with Crippen LogP contribution < -0.4 is 5.32 Å². The fourth-order valence-corrected chi connectivity index (χ4v) is 3.56. The van der Waals surface area contributed by atoms with Crippen molar-refractivity contribution in [3.05, 3.63) is 35.9 Å². The van der Waals surface area contributed by atoms with Crippen LogP contribution >= 0.6 is 0 Å². The maximum Gasteiger partial charge on any atom is 0.407 e. The van der Waals surface area contributed by atoms with Gasteiger partial charge in [-0.1, -0.05) is 57.5 Å². The van der Waals surface area contributed by atoms with Crippen molar-refractivity contribution in [1.82, 2.24) is 5.32 Å². The molecule has 1 aromatic rings. The number of aryl methyl sites for hydroxylation is 1. The van der Waals surface area contributed by atoms with E-state index in [1.807, 2.05) is 18.2 Å². The molecule has 3 unspecified atom stereocenters. The summed E-state index contributed by atoms with van der Waals surface area (Å²) in [5, 5.41) is 2.91. The van der Waals surface area contributed by atoms with E-state index in [-0.39, 0.29) is 12.2 Å². The lowest BCUT2D eigenvalue weighted by Crippen LogP contribution is -2.39. The average Bonchev–Trinajstić information content (AvgIpc) is 2.52. The molecule has 0 heterocycles. The third-order valence-electron chi connectivity index (χ3n) is 4.97. The minimum absolute atomic E-state index is 0.0767. The molecule has 1 aliphatic rings. The van der Waals surface area contributed by atoms with E-state index >= 15 is 0 Å². The number of ether oxygens (including phenoxy) is 1. The van der Waals surface area contributed by atoms with Gasteiger partial charge >= 0.3 is 6.09 Å². The van der Waals surface area contributed by atoms with Gasteiger partial charge < -0.3 is 10.1 Å². The number of hydrogen-bond acceptors (Lipinski definition) is 2. The van der Waals surface area contributed by atoms with E-state index in [1.54, 1.807) is 0 Å². The molecule has 0 bridgehead atoms. The van der Waals surface area contributed by atoms with Gasteiger partial charge in [-0.25, -0.2) is 4.79 Å². The summed E-state index contributed by atoms with van der Waals surface area (Å²) in [6.45, 7) is 7.39. The third-order valence-corrected chi connectivity index (χ3v) is 4.97. The fourth-order valence-electron chi connectivity index (χ4n) is 3.56. The number of carbonyl (C=O) groups excluding carboxylic acids is 1. The van der Waals surface area contributed by atoms with E-state index in [2.05, 4.69) is 38.2 Å². The summed E-state index contributed by atoms with van der Waals surface area (Å²) in [5.74, 6) is 1.72. The van der Waals surface area contributed by atoms with Gasteiger partial charge in [0.15, 0.2) is 0 Å². The Bertz CT molecular complexity index is 472. The second-order valence-corrected chi connectivity index (χ2v) is 7.29. The highest BCUT2D eigenvalue weighted by Crippen LogP contribution is 2.35. The van der Waals surface area contributed by atoms with Gasteiger partial charge in [-0.3, -0.25) is 0 Å². The molecule has 0 saturated heterocycles. The summed E-state index contributed by atoms with van der Waals surface area (Å²) in [6, 6.07) is 10.4. The van der Waals surface area contributed by atoms with E-state index in [1.165, 1.54) is 18.4 Å². The van der Waals surface area contributed by atoms with Crippen molar-refractivity contribution in [2.24, 2.45) is 17.8 Å². The van der Waals surface area contributed by atoms with E-state index in [9.17, 15) is 4.79 Å². The van der Waals surface area contributed by atoms with Crippen molar-refractivity contribution in [2.75, 3.05) is 6.54 Å². The summed E-state index contributed by atoms with van der Waals surface area (Å²) in [4.78, 5) is 12.1. The zero-order valence-electron chi connectivity index (χ0n) is 14.8. The monoisotopic (exact) mass is 317 g/mol. The van der Waals surface area contributed by atoms with Crippen LogP contribution in [0.3, 0.4) is 0 Å². The molecule has 0 aromatic heterocycles. The first-order chi connectivity index (χ1) is 11.1. The second-order valence-electron chi connectivity index (χ2n) is 7.29. The van der Waals surface area contributed by atoms with Gasteiger partial charge in [0.2, 0.25) is 0 Å². The van der Waals surface area contributed by atoms with Crippen LogP contribution in [0.15, 0.2) is 30.3 Å². The molecular formula is C20H31NO2. The van der Waals surface area contributed by atoms with Gasteiger partial charge in [-0.15, -0.1) is 0 Å². The smallest absolute Gasteiger partial charge is 0.407 e. The topological polar surface area (TPSA) is 38.3 Å². The third kappa shape index (κ3) is 5.89. The lowest BCUT2D eigenvalue weighted by atomic mass is 9.75. The molecule has 1 amide bonds. The number of hydrogen-bond donors (Lipinski definition) is 1. The molecule has 1 aliphatic carbocycles. The van der Waals surface area contributed by atoms with Crippen LogP contribution in [0, 0.1) is 17.8 Å². The standard InChI is InChI=1S/C20H31NO2/c1-15(2)18-12-11-16(3)14-19(18)23-20(22)21-13-7-10-17-8-5-4-6-9-17/h4-6,8-9,15-16,18-19H,7,10-14H2,1-3H3,(H,21,22). The molecule has 128 valence electrons. The Hall–Kier alpha value is -1.51. The summed E-state index contributed by atoms with van der Waals surface area (Å²) in [7, 11) is 0. The summed E-state index contributed by atoms with van der Waals surface area (Å²) in [6.07, 6.45) is 5.17. The molecule has 3 heteroatoms. The molecule has 1 fully saturated rings. The Morgan fingerprint density at radius 1 is 1.26 bits per heavy atom. The molecule has 0 spiro atoms. The van der Waals surface area contributed by atoms with Crippen LogP contribution in [0.1, 0.15) is 52.0 Å². The number of carbonyl (C=O) groups is 1. The molecule has 1 saturated carbocycles. The number of alkyl carbamates (subject to hydrolysis) is 1. The zero-order valence-corrected chi connectivity index (χ0v) is 14.8. The molecule has 1 aromatic carbocycles. The Kier molecular flexibility index (Phi) is 6.94. The minimum Gasteiger partial charge on any atom is -0.446 e. The van der Waals surface area contributed by atoms with E-state index in [4.69, 9.17) is 4.74 Å². The van der Waals surface area contributed by atoms with Crippen molar-refractivity contribution in [1.29, 1.82) is 0 Å². The Morgan fingerprint density at radius 2 is 2.00 bits per heavy atom. The van der Waals surface area contributed by atoms with Crippen molar-refractivity contribution >= 4 is 6.09 Å². The quantitative estimate of drug-likeness (QED) is 0.765. The molecule has 2 rings (SSSR count). The highest BCUT2D eigenvalue weighted by molar-refractivity contribution is 5.67. The van der Waals surface area contributed by atoms with Gasteiger partial charge in [0.05, 0.1) is 0 Å². The van der Waals surface area contributed by atoms with Gasteiger partial charge in [0.1, 0.15) is 6.10 Å². The molecule has 3 nitrogen and oxygen atoms in total. The highest BCUT2D eigenvalue weighted by atomic mass is 16.6. The number of nitrogens with one attached hydrogen (secondary N) is 1. The van der Waals surface area contributed by atoms with Crippen molar-refractivity contribution < 1.29 is 9.53 Å². The number of amides is 1. The summed E-state index contributed by atoms with van der Waals surface area (Å²) >= 11 is 0. The number of rotatable bonds is 6. The predicted molar refractivity (Wildman–Crippen MR) is 94.4 cm³/mol. The van der Waals surface area contributed by atoms with Crippen molar-refractivity contribution in [3.8, 4) is 0 Å². The largest absolute Gasteiger partial charge is 0.446 e. The predicted octanol–water partition coefficient (Wildman–Crippen LogP) is 4.81. The van der Waals surface area contributed by atoms with Crippen LogP contribution in [0.5, 0.6) is 0 Å². The van der Waals surface area contributed by atoms with Gasteiger partial charge in [-0.2, -0.15) is 0 Å². The molecule has 3 atom stereocenters. The van der Waals surface area contributed by atoms with Gasteiger partial charge in [-0.05, 0) is 49.0 Å². The Morgan fingerprint density at radius 3 is 2.70 bits per heavy atom. The lowest BCUT2D eigenvalue weighted by molar-refractivity contribution is 0.00624. The maximum absolute atomic E-state index is 12.1. The SMILES string of the molecule is CC1CCC(C(C)C)C(OC(=O)NCCCc2ccccc2)C1. The van der Waals surface area contributed by atoms with Gasteiger partial charge in [0.25, 0.3) is 0 Å². The summed E-state index contributed by atoms with van der Waals surface area (Å²) < 4.78 is 5.74. The maximum atomic E-state index is 12.1. The second kappa shape index (κ2) is 8.95. The molecular weight excluding hydrogens is 286 g/mol. The molecule has 0 radical (unpaired) electrons. The first kappa shape index (κ1) is 17.8. The fraction of sp³-hybridized carbons (Fsp3) is 0.650.